The van der Waals surface area contributed by atoms with Gasteiger partial charge in [-0.25, -0.2) is 0 Å². The van der Waals surface area contributed by atoms with Crippen molar-refractivity contribution in [2.75, 3.05) is 6.61 Å². The highest BCUT2D eigenvalue weighted by Gasteiger charge is 2.57. The number of benzene rings is 2. The van der Waals surface area contributed by atoms with Crippen molar-refractivity contribution >= 4 is 70.7 Å². The van der Waals surface area contributed by atoms with Crippen LogP contribution in [0.3, 0.4) is 0 Å². The Kier molecular flexibility index (Phi) is 17.4. The summed E-state index contributed by atoms with van der Waals surface area (Å²) >= 11 is 0. The lowest BCUT2D eigenvalue weighted by Gasteiger charge is -2.46. The third-order valence-electron chi connectivity index (χ3n) is 10.3. The van der Waals surface area contributed by atoms with Crippen LogP contribution in [0.1, 0.15) is 99.5 Å². The van der Waals surface area contributed by atoms with Gasteiger partial charge in [0.25, 0.3) is 0 Å². The molecule has 3 aromatic rings. The van der Waals surface area contributed by atoms with Crippen LogP contribution < -0.4 is 19.6 Å². The molecule has 2 aromatic carbocycles. The number of carbonyl (C=O) groups excluding carboxylic acids is 10. The Bertz CT molecular complexity index is 2680. The molecular formula is C47H50O24. The third-order valence-corrected chi connectivity index (χ3v) is 10.3. The van der Waals surface area contributed by atoms with E-state index >= 15 is 0 Å². The molecule has 0 saturated carbocycles. The first-order chi connectivity index (χ1) is 33.3. The number of hydrogen-bond acceptors (Lipinski definition) is 24. The smallest absolute Gasteiger partial charge is 0.308 e. The van der Waals surface area contributed by atoms with Gasteiger partial charge < -0.3 is 61.3 Å². The summed E-state index contributed by atoms with van der Waals surface area (Å²) < 4.78 is 75.6. The first-order valence-electron chi connectivity index (χ1n) is 21.6. The van der Waals surface area contributed by atoms with Crippen molar-refractivity contribution in [1.29, 1.82) is 0 Å². The maximum atomic E-state index is 15.0. The third kappa shape index (κ3) is 13.1. The molecule has 0 N–H and O–H groups in total. The van der Waals surface area contributed by atoms with Gasteiger partial charge in [-0.15, -0.1) is 0 Å². The zero-order chi connectivity index (χ0) is 52.8. The molecule has 0 unspecified atom stereocenters. The van der Waals surface area contributed by atoms with Crippen molar-refractivity contribution in [3.63, 3.8) is 0 Å². The Balaban J connectivity index is 2.07. The van der Waals surface area contributed by atoms with Crippen LogP contribution in [0, 0.1) is 0 Å². The van der Waals surface area contributed by atoms with Crippen molar-refractivity contribution in [1.82, 2.24) is 0 Å². The van der Waals surface area contributed by atoms with Gasteiger partial charge in [0, 0.05) is 80.9 Å². The topological polar surface area (TPSA) is 312 Å². The molecule has 2 aliphatic heterocycles. The van der Waals surface area contributed by atoms with E-state index in [1.165, 1.54) is 38.1 Å². The van der Waals surface area contributed by atoms with Crippen molar-refractivity contribution in [2.45, 2.75) is 137 Å². The minimum atomic E-state index is -2.10. The minimum absolute atomic E-state index is 0.0986. The van der Waals surface area contributed by atoms with Gasteiger partial charge in [-0.2, -0.15) is 0 Å². The van der Waals surface area contributed by atoms with E-state index in [-0.39, 0.29) is 17.1 Å². The molecule has 0 aliphatic carbocycles. The highest BCUT2D eigenvalue weighted by atomic mass is 16.7. The van der Waals surface area contributed by atoms with E-state index in [0.29, 0.717) is 0 Å². The SMILES string of the molecule is CC(=O)OC[C@H]1O[C@@H](c2c(OC(C)=O)c([C@@H]3O[C@H](C)[C@H](OC(C)=O)[C@@H](OC(C)=O)[C@H]3OC(C)=O)c3oc(-c4ccc(OC(C)=O)cc4)cc(=O)c3c2OC(C)=O)[C@H](OC(C)=O)[C@@H](OC(C)=O)[C@@H]1OC(C)=O. The summed E-state index contributed by atoms with van der Waals surface area (Å²) in [5.41, 5.74) is -2.72. The molecule has 24 heteroatoms. The second-order valence-electron chi connectivity index (χ2n) is 16.1. The van der Waals surface area contributed by atoms with E-state index in [4.69, 9.17) is 61.3 Å². The number of esters is 10. The first-order valence-corrected chi connectivity index (χ1v) is 21.6. The fourth-order valence-electron chi connectivity index (χ4n) is 8.11. The highest BCUT2D eigenvalue weighted by Crippen LogP contribution is 2.54. The normalized spacial score (nSPS) is 23.7. The quantitative estimate of drug-likeness (QED) is 0.127. The Morgan fingerprint density at radius 2 is 0.915 bits per heavy atom. The van der Waals surface area contributed by atoms with Gasteiger partial charge in [0.15, 0.2) is 53.4 Å². The van der Waals surface area contributed by atoms with Crippen LogP contribution in [0.5, 0.6) is 17.2 Å². The van der Waals surface area contributed by atoms with Gasteiger partial charge in [-0.05, 0) is 31.2 Å². The minimum Gasteiger partial charge on any atom is -0.463 e. The Labute approximate surface area is 403 Å². The molecule has 0 amide bonds. The molecule has 3 heterocycles. The van der Waals surface area contributed by atoms with E-state index in [0.717, 1.165) is 68.4 Å². The summed E-state index contributed by atoms with van der Waals surface area (Å²) in [6.45, 7) is 10.5. The molecule has 382 valence electrons. The monoisotopic (exact) mass is 998 g/mol. The molecule has 2 saturated heterocycles. The summed E-state index contributed by atoms with van der Waals surface area (Å²) in [4.78, 5) is 143. The molecule has 2 fully saturated rings. The van der Waals surface area contributed by atoms with Gasteiger partial charge in [0.2, 0.25) is 0 Å². The Morgan fingerprint density at radius 1 is 0.479 bits per heavy atom. The molecule has 71 heavy (non-hydrogen) atoms. The van der Waals surface area contributed by atoms with E-state index < -0.39 is 166 Å². The van der Waals surface area contributed by atoms with E-state index in [1.54, 1.807) is 0 Å². The van der Waals surface area contributed by atoms with Crippen LogP contribution in [-0.4, -0.2) is 115 Å². The summed E-state index contributed by atoms with van der Waals surface area (Å²) in [5, 5.41) is -0.668. The lowest BCUT2D eigenvalue weighted by atomic mass is 9.84. The zero-order valence-corrected chi connectivity index (χ0v) is 40.2. The second-order valence-corrected chi connectivity index (χ2v) is 16.1. The number of ether oxygens (including phenoxy) is 12. The van der Waals surface area contributed by atoms with Crippen molar-refractivity contribution in [2.24, 2.45) is 0 Å². The molecule has 0 spiro atoms. The van der Waals surface area contributed by atoms with Crippen LogP contribution in [0.25, 0.3) is 22.3 Å². The van der Waals surface area contributed by atoms with Crippen LogP contribution >= 0.6 is 0 Å². The molecule has 2 aliphatic rings. The average Bonchev–Trinajstić information content (AvgIpc) is 3.23. The number of fused-ring (bicyclic) bond motifs is 1. The number of hydrogen-bond donors (Lipinski definition) is 0. The molecule has 1 aromatic heterocycles. The molecule has 24 nitrogen and oxygen atoms in total. The molecule has 10 atom stereocenters. The Hall–Kier alpha value is -7.73. The zero-order valence-electron chi connectivity index (χ0n) is 40.2. The van der Waals surface area contributed by atoms with Gasteiger partial charge in [0.1, 0.15) is 47.6 Å². The second kappa shape index (κ2) is 22.8. The lowest BCUT2D eigenvalue weighted by Crippen LogP contribution is -2.59. The lowest BCUT2D eigenvalue weighted by molar-refractivity contribution is -0.255. The standard InChI is InChI=1S/C47H50O24/c1-18-37(62-21(4)50)44(66-25(8)54)46(68-27(10)56)42(60-18)36-40-34(31(58)16-32(70-40)29-12-14-30(15-13-29)61-20(3)49)39(64-23(6)52)35(41(36)65-24(7)53)43-47(69-28(11)57)45(67-26(9)55)38(63-22(5)51)33(71-43)17-59-19(2)48/h12-16,18,33,37-38,42-47H,17H2,1-11H3/t18-,33-,37+,38-,42+,43+,44-,45+,46+,47+/m1/s1. The summed E-state index contributed by atoms with van der Waals surface area (Å²) in [6.07, 6.45) is -17.9. The van der Waals surface area contributed by atoms with Gasteiger partial charge in [0.05, 0.1) is 17.2 Å². The van der Waals surface area contributed by atoms with E-state index in [1.807, 2.05) is 0 Å². The summed E-state index contributed by atoms with van der Waals surface area (Å²) in [7, 11) is 0. The van der Waals surface area contributed by atoms with Crippen LogP contribution in [0.4, 0.5) is 0 Å². The maximum Gasteiger partial charge on any atom is 0.308 e. The fraction of sp³-hybridized carbons (Fsp3) is 0.468. The van der Waals surface area contributed by atoms with Crippen LogP contribution in [0.15, 0.2) is 39.5 Å². The molecule has 0 bridgehead atoms. The van der Waals surface area contributed by atoms with Gasteiger partial charge in [-0.3, -0.25) is 52.7 Å². The molecule has 0 radical (unpaired) electrons. The molecule has 5 rings (SSSR count). The predicted molar refractivity (Wildman–Crippen MR) is 233 cm³/mol. The number of carbonyl (C=O) groups is 10. The van der Waals surface area contributed by atoms with Gasteiger partial charge >= 0.3 is 59.7 Å². The largest absolute Gasteiger partial charge is 0.463 e. The molecular weight excluding hydrogens is 948 g/mol. The van der Waals surface area contributed by atoms with Crippen molar-refractivity contribution in [3.05, 3.63) is 51.7 Å². The van der Waals surface area contributed by atoms with Crippen LogP contribution in [0.2, 0.25) is 0 Å². The number of rotatable bonds is 14. The summed E-state index contributed by atoms with van der Waals surface area (Å²) in [5.74, 6) is -11.6. The van der Waals surface area contributed by atoms with Crippen molar-refractivity contribution < 1.29 is 109 Å². The van der Waals surface area contributed by atoms with E-state index in [9.17, 15) is 52.7 Å². The first kappa shape index (κ1) is 54.2. The maximum absolute atomic E-state index is 15.0. The fourth-order valence-corrected chi connectivity index (χ4v) is 8.11. The predicted octanol–water partition coefficient (Wildman–Crippen LogP) is 3.29. The van der Waals surface area contributed by atoms with E-state index in [2.05, 4.69) is 0 Å². The van der Waals surface area contributed by atoms with Crippen LogP contribution in [-0.2, 0) is 90.6 Å². The Morgan fingerprint density at radius 3 is 1.39 bits per heavy atom. The average molecular weight is 999 g/mol. The van der Waals surface area contributed by atoms with Gasteiger partial charge in [-0.1, -0.05) is 0 Å². The highest BCUT2D eigenvalue weighted by molar-refractivity contribution is 5.95. The van der Waals surface area contributed by atoms with Crippen molar-refractivity contribution in [3.8, 4) is 28.6 Å². The summed E-state index contributed by atoms with van der Waals surface area (Å²) in [6, 6.07) is 6.48.